The highest BCUT2D eigenvalue weighted by molar-refractivity contribution is 7.11. The lowest BCUT2D eigenvalue weighted by Gasteiger charge is -2.40. The normalized spacial score (nSPS) is 15.9. The summed E-state index contributed by atoms with van der Waals surface area (Å²) >= 11 is 1.69. The largest absolute Gasteiger partial charge is 0.444 e. The summed E-state index contributed by atoms with van der Waals surface area (Å²) in [4.78, 5) is 23.5. The summed E-state index contributed by atoms with van der Waals surface area (Å²) in [6.45, 7) is 11.6. The Hall–Kier alpha value is -1.83. The number of hydrogen-bond acceptors (Lipinski definition) is 5. The monoisotopic (exact) mass is 353 g/mol. The topological polar surface area (TPSA) is 78.9 Å². The van der Waals surface area contributed by atoms with E-state index in [1.165, 1.54) is 4.88 Å². The molecule has 1 aromatic rings. The Labute approximate surface area is 147 Å². The van der Waals surface area contributed by atoms with E-state index in [-0.39, 0.29) is 12.1 Å². The zero-order valence-corrected chi connectivity index (χ0v) is 16.1. The Morgan fingerprint density at radius 1 is 1.42 bits per heavy atom. The molecule has 1 fully saturated rings. The first-order valence-corrected chi connectivity index (χ1v) is 8.87. The third-order valence-corrected chi connectivity index (χ3v) is 4.59. The van der Waals surface area contributed by atoms with Gasteiger partial charge in [-0.25, -0.2) is 9.78 Å². The number of ether oxygens (including phenoxy) is 1. The van der Waals surface area contributed by atoms with E-state index in [1.54, 1.807) is 23.3 Å². The average molecular weight is 353 g/mol. The summed E-state index contributed by atoms with van der Waals surface area (Å²) < 4.78 is 5.35. The van der Waals surface area contributed by atoms with Crippen LogP contribution in [0.1, 0.15) is 36.3 Å². The molecule has 0 atom stereocenters. The van der Waals surface area contributed by atoms with Crippen LogP contribution in [0.3, 0.4) is 0 Å². The fraction of sp³-hybridized carbons (Fsp3) is 0.688. The van der Waals surface area contributed by atoms with Gasteiger partial charge in [0.25, 0.3) is 0 Å². The van der Waals surface area contributed by atoms with Crippen LogP contribution in [0.25, 0.3) is 0 Å². The molecule has 1 saturated heterocycles. The molecule has 0 bridgehead atoms. The first kappa shape index (κ1) is 18.5. The van der Waals surface area contributed by atoms with Gasteiger partial charge in [-0.2, -0.15) is 0 Å². The summed E-state index contributed by atoms with van der Waals surface area (Å²) in [6.07, 6.45) is -0.265. The van der Waals surface area contributed by atoms with Crippen LogP contribution >= 0.6 is 11.3 Å². The van der Waals surface area contributed by atoms with Crippen molar-refractivity contribution in [2.75, 3.05) is 20.1 Å². The van der Waals surface area contributed by atoms with Gasteiger partial charge in [0.15, 0.2) is 5.96 Å². The zero-order valence-electron chi connectivity index (χ0n) is 15.3. The van der Waals surface area contributed by atoms with Crippen molar-refractivity contribution in [1.29, 1.82) is 0 Å². The van der Waals surface area contributed by atoms with Gasteiger partial charge in [-0.15, -0.1) is 11.3 Å². The van der Waals surface area contributed by atoms with Crippen molar-refractivity contribution in [3.63, 3.8) is 0 Å². The van der Waals surface area contributed by atoms with Crippen LogP contribution in [-0.4, -0.2) is 53.7 Å². The van der Waals surface area contributed by atoms with Gasteiger partial charge in [0.05, 0.1) is 23.3 Å². The number of thiazole rings is 1. The van der Waals surface area contributed by atoms with E-state index >= 15 is 0 Å². The van der Waals surface area contributed by atoms with Gasteiger partial charge in [0, 0.05) is 25.0 Å². The smallest absolute Gasteiger partial charge is 0.410 e. The molecule has 8 heteroatoms. The molecular formula is C16H27N5O2S. The first-order chi connectivity index (χ1) is 11.2. The van der Waals surface area contributed by atoms with Crippen molar-refractivity contribution >= 4 is 23.4 Å². The molecule has 1 aromatic heterocycles. The first-order valence-electron chi connectivity index (χ1n) is 8.06. The second-order valence-corrected chi connectivity index (χ2v) is 8.18. The Bertz CT molecular complexity index is 614. The van der Waals surface area contributed by atoms with Gasteiger partial charge >= 0.3 is 6.09 Å². The standard InChI is InChI=1S/C16H27N5O2S/c1-10-13(24-11(2)19-10)7-18-14(17-6)20-12-8-21(9-12)15(22)23-16(3,4)5/h12H,7-9H2,1-6H3,(H2,17,18,20). The van der Waals surface area contributed by atoms with E-state index < -0.39 is 5.60 Å². The van der Waals surface area contributed by atoms with Crippen LogP contribution in [0.5, 0.6) is 0 Å². The number of aromatic nitrogens is 1. The third kappa shape index (κ3) is 5.09. The molecule has 2 rings (SSSR count). The lowest BCUT2D eigenvalue weighted by Crippen LogP contribution is -2.63. The number of carbonyl (C=O) groups is 1. The highest BCUT2D eigenvalue weighted by atomic mass is 32.1. The molecule has 0 spiro atoms. The highest BCUT2D eigenvalue weighted by Crippen LogP contribution is 2.17. The molecule has 0 aliphatic carbocycles. The minimum atomic E-state index is -0.460. The molecule has 0 aromatic carbocycles. The summed E-state index contributed by atoms with van der Waals surface area (Å²) in [5.41, 5.74) is 0.595. The second-order valence-electron chi connectivity index (χ2n) is 6.89. The summed E-state index contributed by atoms with van der Waals surface area (Å²) in [7, 11) is 1.74. The molecule has 2 N–H and O–H groups in total. The van der Waals surface area contributed by atoms with Gasteiger partial charge in [-0.1, -0.05) is 0 Å². The third-order valence-electron chi connectivity index (χ3n) is 3.51. The van der Waals surface area contributed by atoms with Crippen LogP contribution in [0, 0.1) is 13.8 Å². The summed E-state index contributed by atoms with van der Waals surface area (Å²) in [5.74, 6) is 0.731. The lowest BCUT2D eigenvalue weighted by molar-refractivity contribution is 0.00701. The number of aryl methyl sites for hydroxylation is 2. The molecule has 0 radical (unpaired) electrons. The number of hydrogen-bond donors (Lipinski definition) is 2. The number of amides is 1. The number of nitrogens with zero attached hydrogens (tertiary/aromatic N) is 3. The van der Waals surface area contributed by atoms with Crippen LogP contribution in [0.15, 0.2) is 4.99 Å². The number of carbonyl (C=O) groups excluding carboxylic acids is 1. The molecule has 1 amide bonds. The number of nitrogens with one attached hydrogen (secondary N) is 2. The molecule has 0 saturated carbocycles. The van der Waals surface area contributed by atoms with Crippen molar-refractivity contribution < 1.29 is 9.53 Å². The van der Waals surface area contributed by atoms with E-state index in [1.807, 2.05) is 34.6 Å². The minimum Gasteiger partial charge on any atom is -0.444 e. The summed E-state index contributed by atoms with van der Waals surface area (Å²) in [5, 5.41) is 7.69. The van der Waals surface area contributed by atoms with Crippen molar-refractivity contribution in [2.24, 2.45) is 4.99 Å². The Morgan fingerprint density at radius 2 is 2.08 bits per heavy atom. The van der Waals surface area contributed by atoms with E-state index in [2.05, 4.69) is 20.6 Å². The van der Waals surface area contributed by atoms with Crippen LogP contribution in [0.2, 0.25) is 0 Å². The highest BCUT2D eigenvalue weighted by Gasteiger charge is 2.34. The van der Waals surface area contributed by atoms with Crippen molar-refractivity contribution in [3.05, 3.63) is 15.6 Å². The number of guanidine groups is 1. The number of likely N-dealkylation sites (tertiary alicyclic amines) is 1. The molecule has 24 heavy (non-hydrogen) atoms. The van der Waals surface area contributed by atoms with Crippen LogP contribution < -0.4 is 10.6 Å². The van der Waals surface area contributed by atoms with Gasteiger partial charge in [0.2, 0.25) is 0 Å². The van der Waals surface area contributed by atoms with Gasteiger partial charge in [0.1, 0.15) is 5.60 Å². The van der Waals surface area contributed by atoms with Crippen LogP contribution in [0.4, 0.5) is 4.79 Å². The molecule has 7 nitrogen and oxygen atoms in total. The van der Waals surface area contributed by atoms with E-state index in [0.717, 1.165) is 16.7 Å². The minimum absolute atomic E-state index is 0.188. The predicted octanol–water partition coefficient (Wildman–Crippen LogP) is 2.04. The number of aliphatic imine (C=N–C) groups is 1. The van der Waals surface area contributed by atoms with Gasteiger partial charge < -0.3 is 20.3 Å². The summed E-state index contributed by atoms with van der Waals surface area (Å²) in [6, 6.07) is 0.188. The van der Waals surface area contributed by atoms with E-state index in [0.29, 0.717) is 19.6 Å². The van der Waals surface area contributed by atoms with Crippen molar-refractivity contribution in [1.82, 2.24) is 20.5 Å². The molecule has 1 aliphatic rings. The molecule has 2 heterocycles. The fourth-order valence-corrected chi connectivity index (χ4v) is 3.21. The van der Waals surface area contributed by atoms with Crippen molar-refractivity contribution in [3.8, 4) is 0 Å². The van der Waals surface area contributed by atoms with Crippen LogP contribution in [-0.2, 0) is 11.3 Å². The molecule has 1 aliphatic heterocycles. The zero-order chi connectivity index (χ0) is 17.9. The Morgan fingerprint density at radius 3 is 2.58 bits per heavy atom. The van der Waals surface area contributed by atoms with Gasteiger partial charge in [-0.05, 0) is 34.6 Å². The molecule has 134 valence electrons. The maximum Gasteiger partial charge on any atom is 0.410 e. The average Bonchev–Trinajstić information content (AvgIpc) is 2.72. The lowest BCUT2D eigenvalue weighted by atomic mass is 10.1. The maximum absolute atomic E-state index is 11.9. The van der Waals surface area contributed by atoms with E-state index in [4.69, 9.17) is 4.74 Å². The SMILES string of the molecule is CN=C(NCc1sc(C)nc1C)NC1CN(C(=O)OC(C)(C)C)C1. The quantitative estimate of drug-likeness (QED) is 0.642. The predicted molar refractivity (Wildman–Crippen MR) is 96.5 cm³/mol. The van der Waals surface area contributed by atoms with Crippen molar-refractivity contribution in [2.45, 2.75) is 52.8 Å². The number of rotatable bonds is 3. The maximum atomic E-state index is 11.9. The fourth-order valence-electron chi connectivity index (χ4n) is 2.33. The van der Waals surface area contributed by atoms with E-state index in [9.17, 15) is 4.79 Å². The second kappa shape index (κ2) is 7.38. The Balaban J connectivity index is 1.75. The Kier molecular flexibility index (Phi) is 5.69. The molecular weight excluding hydrogens is 326 g/mol. The van der Waals surface area contributed by atoms with Gasteiger partial charge in [-0.3, -0.25) is 4.99 Å². The molecule has 0 unspecified atom stereocenters.